The number of carbonyl (C=O) groups excluding carboxylic acids is 2. The van der Waals surface area contributed by atoms with E-state index in [1.54, 1.807) is 49.7 Å². The SMILES string of the molecule is COc1ccc(/C(O)=C2\C(=O)C(=O)N(c3ccccc3O)C2c2c[nH]c3ccccc23)cc1C. The van der Waals surface area contributed by atoms with Gasteiger partial charge in [0.15, 0.2) is 0 Å². The number of amides is 1. The summed E-state index contributed by atoms with van der Waals surface area (Å²) in [6, 6.07) is 17.9. The Morgan fingerprint density at radius 2 is 1.76 bits per heavy atom. The fourth-order valence-corrected chi connectivity index (χ4v) is 4.54. The van der Waals surface area contributed by atoms with E-state index in [0.717, 1.165) is 16.5 Å². The average Bonchev–Trinajstić information content (AvgIpc) is 3.37. The number of ketones is 1. The van der Waals surface area contributed by atoms with Crippen molar-refractivity contribution in [3.8, 4) is 11.5 Å². The normalized spacial score (nSPS) is 17.5. The highest BCUT2D eigenvalue weighted by molar-refractivity contribution is 6.52. The molecule has 0 aliphatic carbocycles. The van der Waals surface area contributed by atoms with Gasteiger partial charge in [0.1, 0.15) is 17.3 Å². The number of aryl methyl sites for hydroxylation is 1. The number of benzene rings is 3. The van der Waals surface area contributed by atoms with Crippen LogP contribution in [0, 0.1) is 6.92 Å². The van der Waals surface area contributed by atoms with E-state index in [0.29, 0.717) is 16.9 Å². The van der Waals surface area contributed by atoms with Gasteiger partial charge in [-0.05, 0) is 48.9 Å². The summed E-state index contributed by atoms with van der Waals surface area (Å²) in [6.45, 7) is 1.83. The van der Waals surface area contributed by atoms with E-state index in [2.05, 4.69) is 4.98 Å². The first kappa shape index (κ1) is 21.3. The molecule has 5 rings (SSSR count). The Kier molecular flexibility index (Phi) is 5.09. The van der Waals surface area contributed by atoms with Crippen molar-refractivity contribution in [3.05, 3.63) is 95.2 Å². The van der Waals surface area contributed by atoms with Crippen LogP contribution < -0.4 is 9.64 Å². The second-order valence-electron chi connectivity index (χ2n) is 8.13. The monoisotopic (exact) mass is 454 g/mol. The molecular formula is C27H22N2O5. The average molecular weight is 454 g/mol. The number of hydrogen-bond acceptors (Lipinski definition) is 5. The number of aromatic hydroxyl groups is 1. The van der Waals surface area contributed by atoms with Crippen molar-refractivity contribution in [1.82, 2.24) is 4.98 Å². The maximum Gasteiger partial charge on any atom is 0.300 e. The van der Waals surface area contributed by atoms with Gasteiger partial charge in [-0.15, -0.1) is 0 Å². The molecule has 170 valence electrons. The summed E-state index contributed by atoms with van der Waals surface area (Å²) in [7, 11) is 1.55. The highest BCUT2D eigenvalue weighted by Gasteiger charge is 2.48. The molecule has 1 aliphatic heterocycles. The van der Waals surface area contributed by atoms with Gasteiger partial charge in [-0.1, -0.05) is 30.3 Å². The number of aliphatic hydroxyl groups is 1. The summed E-state index contributed by atoms with van der Waals surface area (Å²) in [6.07, 6.45) is 1.72. The number of phenolic OH excluding ortho intramolecular Hbond substituents is 1. The first-order chi connectivity index (χ1) is 16.4. The number of Topliss-reactive ketones (excluding diaryl/α,β-unsaturated/α-hetero) is 1. The Labute approximate surface area is 195 Å². The van der Waals surface area contributed by atoms with E-state index in [1.165, 1.54) is 11.0 Å². The Morgan fingerprint density at radius 1 is 1.03 bits per heavy atom. The molecule has 3 N–H and O–H groups in total. The zero-order valence-electron chi connectivity index (χ0n) is 18.6. The van der Waals surface area contributed by atoms with E-state index in [9.17, 15) is 19.8 Å². The van der Waals surface area contributed by atoms with Gasteiger partial charge in [0.2, 0.25) is 0 Å². The predicted molar refractivity (Wildman–Crippen MR) is 129 cm³/mol. The molecule has 2 heterocycles. The molecule has 0 radical (unpaired) electrons. The van der Waals surface area contributed by atoms with Crippen molar-refractivity contribution in [3.63, 3.8) is 0 Å². The summed E-state index contributed by atoms with van der Waals surface area (Å²) in [5.41, 5.74) is 2.74. The minimum absolute atomic E-state index is 0.0532. The second kappa shape index (κ2) is 8.12. The first-order valence-corrected chi connectivity index (χ1v) is 10.7. The molecule has 1 unspecified atom stereocenters. The Morgan fingerprint density at radius 3 is 2.50 bits per heavy atom. The molecule has 7 nitrogen and oxygen atoms in total. The number of anilines is 1. The van der Waals surface area contributed by atoms with Crippen LogP contribution in [0.5, 0.6) is 11.5 Å². The van der Waals surface area contributed by atoms with Gasteiger partial charge in [-0.25, -0.2) is 0 Å². The third-order valence-corrected chi connectivity index (χ3v) is 6.17. The van der Waals surface area contributed by atoms with E-state index in [4.69, 9.17) is 4.74 Å². The number of ether oxygens (including phenoxy) is 1. The summed E-state index contributed by atoms with van der Waals surface area (Å²) in [5.74, 6) is -1.46. The maximum atomic E-state index is 13.3. The van der Waals surface area contributed by atoms with Gasteiger partial charge in [-0.2, -0.15) is 0 Å². The molecule has 1 aromatic heterocycles. The first-order valence-electron chi connectivity index (χ1n) is 10.7. The molecular weight excluding hydrogens is 432 g/mol. The minimum Gasteiger partial charge on any atom is -0.507 e. The van der Waals surface area contributed by atoms with E-state index >= 15 is 0 Å². The molecule has 1 atom stereocenters. The number of fused-ring (bicyclic) bond motifs is 1. The van der Waals surface area contributed by atoms with Crippen LogP contribution in [0.15, 0.2) is 78.5 Å². The number of nitrogens with one attached hydrogen (secondary N) is 1. The van der Waals surface area contributed by atoms with Crippen molar-refractivity contribution < 1.29 is 24.5 Å². The number of H-pyrrole nitrogens is 1. The zero-order chi connectivity index (χ0) is 24.0. The lowest BCUT2D eigenvalue weighted by Gasteiger charge is -2.25. The van der Waals surface area contributed by atoms with Crippen LogP contribution >= 0.6 is 0 Å². The van der Waals surface area contributed by atoms with Crippen LogP contribution in [0.3, 0.4) is 0 Å². The number of aliphatic hydroxyl groups excluding tert-OH is 1. The largest absolute Gasteiger partial charge is 0.507 e. The minimum atomic E-state index is -0.952. The van der Waals surface area contributed by atoms with Gasteiger partial charge in [0.05, 0.1) is 24.4 Å². The molecule has 1 fully saturated rings. The van der Waals surface area contributed by atoms with Gasteiger partial charge in [-0.3, -0.25) is 14.5 Å². The molecule has 0 saturated carbocycles. The molecule has 34 heavy (non-hydrogen) atoms. The summed E-state index contributed by atoms with van der Waals surface area (Å²) in [5, 5.41) is 22.7. The number of aromatic amines is 1. The fourth-order valence-electron chi connectivity index (χ4n) is 4.54. The summed E-state index contributed by atoms with van der Waals surface area (Å²) >= 11 is 0. The third kappa shape index (κ3) is 3.21. The highest BCUT2D eigenvalue weighted by atomic mass is 16.5. The number of phenols is 1. The van der Waals surface area contributed by atoms with Crippen molar-refractivity contribution in [2.24, 2.45) is 0 Å². The van der Waals surface area contributed by atoms with Crippen LogP contribution in [0.25, 0.3) is 16.7 Å². The lowest BCUT2D eigenvalue weighted by Crippen LogP contribution is -2.29. The maximum absolute atomic E-state index is 13.3. The molecule has 3 aromatic carbocycles. The fraction of sp³-hybridized carbons (Fsp3) is 0.111. The van der Waals surface area contributed by atoms with Gasteiger partial charge < -0.3 is 19.9 Å². The van der Waals surface area contributed by atoms with Crippen molar-refractivity contribution in [2.45, 2.75) is 13.0 Å². The Bertz CT molecular complexity index is 1480. The van der Waals surface area contributed by atoms with E-state index < -0.39 is 17.7 Å². The number of hydrogen-bond donors (Lipinski definition) is 3. The van der Waals surface area contributed by atoms with Gasteiger partial charge in [0, 0.05) is 28.2 Å². The predicted octanol–water partition coefficient (Wildman–Crippen LogP) is 4.82. The Hall–Kier alpha value is -4.52. The Balaban J connectivity index is 1.79. The molecule has 7 heteroatoms. The smallest absolute Gasteiger partial charge is 0.300 e. The lowest BCUT2D eigenvalue weighted by atomic mass is 9.94. The summed E-state index contributed by atoms with van der Waals surface area (Å²) < 4.78 is 5.30. The molecule has 1 amide bonds. The molecule has 0 bridgehead atoms. The second-order valence-corrected chi connectivity index (χ2v) is 8.13. The lowest BCUT2D eigenvalue weighted by molar-refractivity contribution is -0.132. The van der Waals surface area contributed by atoms with E-state index in [1.807, 2.05) is 31.2 Å². The zero-order valence-corrected chi connectivity index (χ0v) is 18.6. The number of carbonyl (C=O) groups is 2. The number of rotatable bonds is 4. The van der Waals surface area contributed by atoms with Crippen molar-refractivity contribution >= 4 is 34.0 Å². The van der Waals surface area contributed by atoms with Crippen LogP contribution in [-0.4, -0.2) is 34.0 Å². The molecule has 1 aliphatic rings. The standard InChI is InChI=1S/C27H22N2O5/c1-15-13-16(11-12-22(15)34-2)25(31)23-24(18-14-28-19-8-4-3-7-17(18)19)29(27(33)26(23)32)20-9-5-6-10-21(20)30/h3-14,24,28,30-31H,1-2H3/b25-23+. The van der Waals surface area contributed by atoms with Crippen molar-refractivity contribution in [2.75, 3.05) is 12.0 Å². The van der Waals surface area contributed by atoms with Crippen LogP contribution in [0.2, 0.25) is 0 Å². The van der Waals surface area contributed by atoms with Gasteiger partial charge >= 0.3 is 0 Å². The highest BCUT2D eigenvalue weighted by Crippen LogP contribution is 2.46. The van der Waals surface area contributed by atoms with Crippen LogP contribution in [0.4, 0.5) is 5.69 Å². The number of aromatic nitrogens is 1. The molecule has 4 aromatic rings. The van der Waals surface area contributed by atoms with Crippen LogP contribution in [0.1, 0.15) is 22.7 Å². The van der Waals surface area contributed by atoms with Crippen LogP contribution in [-0.2, 0) is 9.59 Å². The third-order valence-electron chi connectivity index (χ3n) is 6.17. The molecule has 1 saturated heterocycles. The quantitative estimate of drug-likeness (QED) is 0.233. The number of nitrogens with zero attached hydrogens (tertiary/aromatic N) is 1. The van der Waals surface area contributed by atoms with Gasteiger partial charge in [0.25, 0.3) is 11.7 Å². The topological polar surface area (TPSA) is 103 Å². The molecule has 0 spiro atoms. The summed E-state index contributed by atoms with van der Waals surface area (Å²) in [4.78, 5) is 31.1. The number of para-hydroxylation sites is 3. The number of methoxy groups -OCH3 is 1. The van der Waals surface area contributed by atoms with E-state index in [-0.39, 0.29) is 22.8 Å². The van der Waals surface area contributed by atoms with Crippen molar-refractivity contribution in [1.29, 1.82) is 0 Å².